The second-order valence-electron chi connectivity index (χ2n) is 13.4. The minimum atomic E-state index is -4.58. The van der Waals surface area contributed by atoms with Gasteiger partial charge in [0.15, 0.2) is 0 Å². The number of hydrogen-bond acceptors (Lipinski definition) is 8. The Labute approximate surface area is 334 Å². The van der Waals surface area contributed by atoms with Gasteiger partial charge in [-0.15, -0.1) is 0 Å². The van der Waals surface area contributed by atoms with Gasteiger partial charge in [0, 0.05) is 34.4 Å². The fourth-order valence-electron chi connectivity index (χ4n) is 7.34. The lowest BCUT2D eigenvalue weighted by atomic mass is 9.98. The first kappa shape index (κ1) is 40.6. The van der Waals surface area contributed by atoms with Crippen LogP contribution in [0.4, 0.5) is 0 Å². The molecule has 0 amide bonds. The monoisotopic (exact) mass is 856 g/mol. The predicted octanol–water partition coefficient (Wildman–Crippen LogP) is 8.15. The van der Waals surface area contributed by atoms with Gasteiger partial charge in [0.2, 0.25) is 0 Å². The van der Waals surface area contributed by atoms with Crippen molar-refractivity contribution in [3.05, 3.63) is 168 Å². The van der Waals surface area contributed by atoms with E-state index in [0.29, 0.717) is 43.1 Å². The molecule has 296 valence electrons. The van der Waals surface area contributed by atoms with E-state index in [9.17, 15) is 51.9 Å². The first-order chi connectivity index (χ1) is 27.3. The summed E-state index contributed by atoms with van der Waals surface area (Å²) in [7, 11) is -18.3. The van der Waals surface area contributed by atoms with Crippen LogP contribution in [0, 0.1) is 0 Å². The van der Waals surface area contributed by atoms with Crippen molar-refractivity contribution in [2.75, 3.05) is 0 Å². The molecule has 8 aromatic rings. The van der Waals surface area contributed by atoms with Gasteiger partial charge in [-0.3, -0.25) is 18.2 Å². The Kier molecular flexibility index (Phi) is 10.7. The Morgan fingerprint density at radius 2 is 0.466 bits per heavy atom. The fourth-order valence-corrected chi connectivity index (χ4v) is 11.1. The number of benzene rings is 8. The molecule has 0 saturated carbocycles. The molecule has 16 heteroatoms. The molecule has 8 aromatic carbocycles. The summed E-state index contributed by atoms with van der Waals surface area (Å²) in [5.74, 6) is 0. The first-order valence-corrected chi connectivity index (χ1v) is 23.0. The Balaban J connectivity index is 0.000000177. The normalized spacial score (nSPS) is 12.5. The highest BCUT2D eigenvalue weighted by Gasteiger charge is 2.26. The highest BCUT2D eigenvalue weighted by molar-refractivity contribution is 7.87. The van der Waals surface area contributed by atoms with Gasteiger partial charge in [0.1, 0.15) is 19.6 Å². The van der Waals surface area contributed by atoms with Gasteiger partial charge in [-0.05, 0) is 43.8 Å². The molecule has 0 radical (unpaired) electrons. The van der Waals surface area contributed by atoms with Crippen molar-refractivity contribution < 1.29 is 51.9 Å². The van der Waals surface area contributed by atoms with Gasteiger partial charge < -0.3 is 0 Å². The Bertz CT molecular complexity index is 2950. The molecule has 0 heterocycles. The maximum Gasteiger partial charge on any atom is 0.295 e. The van der Waals surface area contributed by atoms with E-state index < -0.39 is 40.5 Å². The molecule has 0 fully saturated rings. The van der Waals surface area contributed by atoms with Crippen molar-refractivity contribution >= 4 is 83.6 Å². The average Bonchev–Trinajstić information content (AvgIpc) is 3.15. The topological polar surface area (TPSA) is 217 Å². The molecule has 0 saturated heterocycles. The second-order valence-corrected chi connectivity index (χ2v) is 18.8. The average molecular weight is 857 g/mol. The SMILES string of the molecule is O=S(=O)(O)c1c(Cc2ccc3ccccc3c2S(=O)(=O)O)ccc2ccccc12.O=S(=O)(O)c1c(Cc2ccc3ccccc3c2S(=O)(=O)O)ccc2ccccc12. The van der Waals surface area contributed by atoms with Crippen LogP contribution in [0.25, 0.3) is 43.1 Å². The van der Waals surface area contributed by atoms with Crippen LogP contribution in [0.1, 0.15) is 22.3 Å². The van der Waals surface area contributed by atoms with Crippen LogP contribution in [0.5, 0.6) is 0 Å². The molecule has 0 aromatic heterocycles. The summed E-state index contributed by atoms with van der Waals surface area (Å²) in [5, 5.41) is 3.83. The highest BCUT2D eigenvalue weighted by Crippen LogP contribution is 2.35. The quantitative estimate of drug-likeness (QED) is 0.106. The zero-order valence-corrected chi connectivity index (χ0v) is 33.2. The summed E-state index contributed by atoms with van der Waals surface area (Å²) in [6, 6.07) is 39.7. The molecule has 8 rings (SSSR count). The van der Waals surface area contributed by atoms with Crippen molar-refractivity contribution in [2.24, 2.45) is 0 Å². The third-order valence-electron chi connectivity index (χ3n) is 9.64. The summed E-state index contributed by atoms with van der Waals surface area (Å²) in [6.07, 6.45) is -0.222. The molecule has 0 unspecified atom stereocenters. The molecule has 58 heavy (non-hydrogen) atoms. The minimum Gasteiger partial charge on any atom is -0.282 e. The fraction of sp³-hybridized carbons (Fsp3) is 0.0476. The van der Waals surface area contributed by atoms with Gasteiger partial charge in [-0.25, -0.2) is 0 Å². The third-order valence-corrected chi connectivity index (χ3v) is 13.6. The van der Waals surface area contributed by atoms with Gasteiger partial charge in [0.05, 0.1) is 0 Å². The van der Waals surface area contributed by atoms with Gasteiger partial charge >= 0.3 is 0 Å². The smallest absolute Gasteiger partial charge is 0.282 e. The van der Waals surface area contributed by atoms with Crippen LogP contribution in [-0.2, 0) is 53.3 Å². The largest absolute Gasteiger partial charge is 0.295 e. The molecule has 0 aliphatic carbocycles. The van der Waals surface area contributed by atoms with Crippen molar-refractivity contribution in [1.82, 2.24) is 0 Å². The van der Waals surface area contributed by atoms with Gasteiger partial charge in [-0.2, -0.15) is 33.7 Å². The van der Waals surface area contributed by atoms with E-state index in [0.717, 1.165) is 0 Å². The van der Waals surface area contributed by atoms with Crippen LogP contribution in [-0.4, -0.2) is 51.9 Å². The summed E-state index contributed by atoms with van der Waals surface area (Å²) in [6.45, 7) is 0. The van der Waals surface area contributed by atoms with Crippen molar-refractivity contribution in [1.29, 1.82) is 0 Å². The molecule has 0 atom stereocenters. The zero-order valence-electron chi connectivity index (χ0n) is 30.0. The highest BCUT2D eigenvalue weighted by atomic mass is 32.2. The molecular formula is C42H32O12S4. The Hall–Kier alpha value is -5.56. The molecule has 0 bridgehead atoms. The second kappa shape index (κ2) is 15.3. The standard InChI is InChI=1S/2C21H16O6S2/c2*22-28(23,24)20-16(11-9-14-5-1-3-7-18(14)20)13-17-12-10-15-6-2-4-8-19(15)21(17)29(25,26)27/h2*1-12H,13H2,(H,22,23,24)(H,25,26,27). The van der Waals surface area contributed by atoms with E-state index in [4.69, 9.17) is 0 Å². The van der Waals surface area contributed by atoms with E-state index in [1.54, 1.807) is 121 Å². The van der Waals surface area contributed by atoms with Gasteiger partial charge in [0.25, 0.3) is 40.5 Å². The van der Waals surface area contributed by atoms with E-state index in [-0.39, 0.29) is 54.7 Å². The minimum absolute atomic E-state index is 0.111. The van der Waals surface area contributed by atoms with Crippen molar-refractivity contribution in [3.63, 3.8) is 0 Å². The lowest BCUT2D eigenvalue weighted by Gasteiger charge is -2.14. The lowest BCUT2D eigenvalue weighted by Crippen LogP contribution is -2.08. The molecule has 4 N–H and O–H groups in total. The third kappa shape index (κ3) is 8.22. The molecule has 0 spiro atoms. The van der Waals surface area contributed by atoms with E-state index >= 15 is 0 Å². The molecular weight excluding hydrogens is 825 g/mol. The Morgan fingerprint density at radius 1 is 0.276 bits per heavy atom. The predicted molar refractivity (Wildman–Crippen MR) is 221 cm³/mol. The summed E-state index contributed by atoms with van der Waals surface area (Å²) < 4.78 is 137. The van der Waals surface area contributed by atoms with Crippen molar-refractivity contribution in [2.45, 2.75) is 32.4 Å². The van der Waals surface area contributed by atoms with E-state index in [1.165, 1.54) is 24.3 Å². The number of hydrogen-bond donors (Lipinski definition) is 4. The first-order valence-electron chi connectivity index (χ1n) is 17.2. The van der Waals surface area contributed by atoms with Gasteiger partial charge in [-0.1, -0.05) is 146 Å². The van der Waals surface area contributed by atoms with Crippen LogP contribution < -0.4 is 0 Å². The van der Waals surface area contributed by atoms with Crippen LogP contribution >= 0.6 is 0 Å². The number of fused-ring (bicyclic) bond motifs is 4. The van der Waals surface area contributed by atoms with E-state index in [1.807, 2.05) is 0 Å². The zero-order chi connectivity index (χ0) is 41.6. The lowest BCUT2D eigenvalue weighted by molar-refractivity contribution is 0.480. The maximum absolute atomic E-state index is 12.1. The Morgan fingerprint density at radius 3 is 0.655 bits per heavy atom. The maximum atomic E-state index is 12.1. The summed E-state index contributed by atoms with van der Waals surface area (Å²) in [4.78, 5) is -1.09. The molecule has 0 aliphatic heterocycles. The van der Waals surface area contributed by atoms with Crippen molar-refractivity contribution in [3.8, 4) is 0 Å². The number of rotatable bonds is 8. The van der Waals surface area contributed by atoms with Crippen LogP contribution in [0.3, 0.4) is 0 Å². The summed E-state index contributed by atoms with van der Waals surface area (Å²) >= 11 is 0. The van der Waals surface area contributed by atoms with Crippen LogP contribution in [0.2, 0.25) is 0 Å². The molecule has 0 aliphatic rings. The molecule has 12 nitrogen and oxygen atoms in total. The summed E-state index contributed by atoms with van der Waals surface area (Å²) in [5.41, 5.74) is 0.913. The van der Waals surface area contributed by atoms with E-state index in [2.05, 4.69) is 0 Å². The van der Waals surface area contributed by atoms with Crippen LogP contribution in [0.15, 0.2) is 165 Å².